The molecule has 0 fully saturated rings. The fraction of sp³-hybridized carbons (Fsp3) is 0. The molecule has 0 unspecified atom stereocenters. The molecule has 56 heavy (non-hydrogen) atoms. The fourth-order valence-electron chi connectivity index (χ4n) is 8.80. The summed E-state index contributed by atoms with van der Waals surface area (Å²) in [5, 5.41) is 11.4. The molecule has 0 aliphatic carbocycles. The van der Waals surface area contributed by atoms with E-state index in [-0.39, 0.29) is 0 Å². The predicted octanol–water partition coefficient (Wildman–Crippen LogP) is 13.3. The number of nitrogens with zero attached hydrogens (tertiary/aromatic N) is 4. The van der Waals surface area contributed by atoms with Crippen LogP contribution in [0.1, 0.15) is 0 Å². The summed E-state index contributed by atoms with van der Waals surface area (Å²) in [5.74, 6) is 1.79. The van der Waals surface area contributed by atoms with Crippen molar-refractivity contribution >= 4 is 76.1 Å². The maximum atomic E-state index is 6.36. The molecule has 3 heterocycles. The van der Waals surface area contributed by atoms with Gasteiger partial charge in [0.05, 0.1) is 16.7 Å². The van der Waals surface area contributed by atoms with E-state index in [4.69, 9.17) is 19.4 Å². The summed E-state index contributed by atoms with van der Waals surface area (Å²) in [6, 6.07) is 63.8. The number of furan rings is 1. The molecule has 260 valence electrons. The van der Waals surface area contributed by atoms with E-state index >= 15 is 0 Å². The minimum Gasteiger partial charge on any atom is -0.456 e. The second-order valence-electron chi connectivity index (χ2n) is 14.3. The zero-order valence-electron chi connectivity index (χ0n) is 30.0. The summed E-state index contributed by atoms with van der Waals surface area (Å²) in [7, 11) is 0. The van der Waals surface area contributed by atoms with Gasteiger partial charge < -0.3 is 8.98 Å². The number of hydrogen-bond donors (Lipinski definition) is 0. The number of aromatic nitrogens is 4. The number of benzene rings is 9. The molecule has 12 aromatic rings. The Hall–Kier alpha value is -7.63. The van der Waals surface area contributed by atoms with Crippen LogP contribution in [0.2, 0.25) is 0 Å². The predicted molar refractivity (Wildman–Crippen MR) is 230 cm³/mol. The summed E-state index contributed by atoms with van der Waals surface area (Å²) in [4.78, 5) is 16.2. The first kappa shape index (κ1) is 30.8. The summed E-state index contributed by atoms with van der Waals surface area (Å²) in [6.07, 6.45) is 0. The highest BCUT2D eigenvalue weighted by Gasteiger charge is 2.22. The van der Waals surface area contributed by atoms with Crippen LogP contribution < -0.4 is 0 Å². The Labute approximate surface area is 320 Å². The molecule has 0 N–H and O–H groups in total. The molecule has 3 aromatic heterocycles. The van der Waals surface area contributed by atoms with Crippen LogP contribution in [0, 0.1) is 0 Å². The second-order valence-corrected chi connectivity index (χ2v) is 14.3. The third-order valence-electron chi connectivity index (χ3n) is 11.2. The first-order valence-corrected chi connectivity index (χ1v) is 18.9. The monoisotopic (exact) mass is 714 g/mol. The van der Waals surface area contributed by atoms with Gasteiger partial charge in [-0.3, -0.25) is 0 Å². The van der Waals surface area contributed by atoms with Crippen molar-refractivity contribution in [2.45, 2.75) is 0 Å². The van der Waals surface area contributed by atoms with Crippen LogP contribution in [0.4, 0.5) is 0 Å². The first-order chi connectivity index (χ1) is 27.8. The van der Waals surface area contributed by atoms with Gasteiger partial charge in [0.2, 0.25) is 0 Å². The molecule has 0 amide bonds. The molecule has 12 rings (SSSR count). The Bertz CT molecular complexity index is 3510. The quantitative estimate of drug-likeness (QED) is 0.170. The fourth-order valence-corrected chi connectivity index (χ4v) is 8.80. The van der Waals surface area contributed by atoms with Crippen molar-refractivity contribution in [1.29, 1.82) is 0 Å². The zero-order valence-corrected chi connectivity index (χ0v) is 30.0. The van der Waals surface area contributed by atoms with Gasteiger partial charge in [-0.2, -0.15) is 0 Å². The minimum atomic E-state index is 0.585. The molecule has 0 bridgehead atoms. The molecule has 0 aliphatic rings. The number of fused-ring (bicyclic) bond motifs is 11. The largest absolute Gasteiger partial charge is 0.456 e. The summed E-state index contributed by atoms with van der Waals surface area (Å²) in [5.41, 5.74) is 7.61. The highest BCUT2D eigenvalue weighted by Crippen LogP contribution is 2.41. The van der Waals surface area contributed by atoms with Gasteiger partial charge in [0.15, 0.2) is 17.5 Å². The van der Waals surface area contributed by atoms with Crippen molar-refractivity contribution in [3.8, 4) is 39.9 Å². The van der Waals surface area contributed by atoms with Crippen molar-refractivity contribution in [3.63, 3.8) is 0 Å². The van der Waals surface area contributed by atoms with Crippen LogP contribution in [-0.2, 0) is 0 Å². The molecule has 0 saturated carbocycles. The Balaban J connectivity index is 1.19. The maximum absolute atomic E-state index is 6.36. The van der Waals surface area contributed by atoms with E-state index in [0.29, 0.717) is 17.5 Å². The van der Waals surface area contributed by atoms with Gasteiger partial charge in [0.1, 0.15) is 11.2 Å². The zero-order chi connectivity index (χ0) is 36.7. The Morgan fingerprint density at radius 2 is 0.875 bits per heavy atom. The summed E-state index contributed by atoms with van der Waals surface area (Å²) >= 11 is 0. The van der Waals surface area contributed by atoms with Crippen molar-refractivity contribution in [3.05, 3.63) is 182 Å². The van der Waals surface area contributed by atoms with Gasteiger partial charge in [0.25, 0.3) is 0 Å². The van der Waals surface area contributed by atoms with E-state index < -0.39 is 0 Å². The summed E-state index contributed by atoms with van der Waals surface area (Å²) in [6.45, 7) is 0. The Morgan fingerprint density at radius 3 is 1.66 bits per heavy atom. The van der Waals surface area contributed by atoms with E-state index in [1.807, 2.05) is 30.3 Å². The molecule has 0 aliphatic heterocycles. The third kappa shape index (κ3) is 4.52. The highest BCUT2D eigenvalue weighted by atomic mass is 16.3. The minimum absolute atomic E-state index is 0.585. The molecule has 9 aromatic carbocycles. The van der Waals surface area contributed by atoms with E-state index in [0.717, 1.165) is 71.5 Å². The first-order valence-electron chi connectivity index (χ1n) is 18.9. The van der Waals surface area contributed by atoms with Gasteiger partial charge in [0, 0.05) is 38.2 Å². The average Bonchev–Trinajstić information content (AvgIpc) is 3.82. The van der Waals surface area contributed by atoms with Gasteiger partial charge in [-0.05, 0) is 74.8 Å². The smallest absolute Gasteiger partial charge is 0.166 e. The molecule has 5 nitrogen and oxygen atoms in total. The van der Waals surface area contributed by atoms with Crippen molar-refractivity contribution < 1.29 is 4.42 Å². The lowest BCUT2D eigenvalue weighted by atomic mass is 9.93. The van der Waals surface area contributed by atoms with Gasteiger partial charge >= 0.3 is 0 Å². The maximum Gasteiger partial charge on any atom is 0.166 e. The van der Waals surface area contributed by atoms with Crippen LogP contribution in [0.5, 0.6) is 0 Å². The standard InChI is InChI=1S/C51H30N4O/c1-2-15-33-31(14-1)28-29-32-30-41(34-16-3-4-19-37(34)47(32)33)51-53-49(52-50(54-51)40-22-13-27-46-48(40)39-21-8-12-26-45(39)56-46)38-20-7-11-25-44(38)55-42-23-9-5-17-35(42)36-18-6-10-24-43(36)55/h1-30H. The Morgan fingerprint density at radius 1 is 0.339 bits per heavy atom. The lowest BCUT2D eigenvalue weighted by molar-refractivity contribution is 0.669. The molecule has 0 atom stereocenters. The Kier molecular flexibility index (Phi) is 6.56. The van der Waals surface area contributed by atoms with E-state index in [1.54, 1.807) is 0 Å². The van der Waals surface area contributed by atoms with Crippen LogP contribution in [0.25, 0.3) is 116 Å². The molecule has 0 radical (unpaired) electrons. The van der Waals surface area contributed by atoms with Crippen molar-refractivity contribution in [2.24, 2.45) is 0 Å². The molecule has 0 saturated heterocycles. The van der Waals surface area contributed by atoms with E-state index in [1.165, 1.54) is 26.9 Å². The summed E-state index contributed by atoms with van der Waals surface area (Å²) < 4.78 is 8.70. The number of hydrogen-bond acceptors (Lipinski definition) is 4. The van der Waals surface area contributed by atoms with Crippen molar-refractivity contribution in [1.82, 2.24) is 19.5 Å². The van der Waals surface area contributed by atoms with Crippen LogP contribution in [0.15, 0.2) is 186 Å². The van der Waals surface area contributed by atoms with Gasteiger partial charge in [-0.1, -0.05) is 140 Å². The van der Waals surface area contributed by atoms with E-state index in [9.17, 15) is 0 Å². The van der Waals surface area contributed by atoms with Crippen molar-refractivity contribution in [2.75, 3.05) is 0 Å². The topological polar surface area (TPSA) is 56.7 Å². The lowest BCUT2D eigenvalue weighted by Crippen LogP contribution is -2.04. The van der Waals surface area contributed by atoms with Crippen LogP contribution in [-0.4, -0.2) is 19.5 Å². The molecule has 0 spiro atoms. The van der Waals surface area contributed by atoms with Crippen LogP contribution >= 0.6 is 0 Å². The number of rotatable bonds is 4. The molecule has 5 heteroatoms. The normalized spacial score (nSPS) is 11.9. The highest BCUT2D eigenvalue weighted by molar-refractivity contribution is 6.23. The SMILES string of the molecule is c1ccc(-n2c3ccccc3c3ccccc32)c(-c2nc(-c3cc4ccc5ccccc5c4c4ccccc34)nc(-c3cccc4oc5ccccc5c34)n2)c1. The molecular formula is C51H30N4O. The second kappa shape index (κ2) is 11.9. The molecular weight excluding hydrogens is 685 g/mol. The van der Waals surface area contributed by atoms with Gasteiger partial charge in [-0.15, -0.1) is 0 Å². The van der Waals surface area contributed by atoms with Crippen LogP contribution in [0.3, 0.4) is 0 Å². The van der Waals surface area contributed by atoms with E-state index in [2.05, 4.69) is 156 Å². The van der Waals surface area contributed by atoms with Gasteiger partial charge in [-0.25, -0.2) is 15.0 Å². The average molecular weight is 715 g/mol. The number of para-hydroxylation sites is 4. The third-order valence-corrected chi connectivity index (χ3v) is 11.2. The lowest BCUT2D eigenvalue weighted by Gasteiger charge is -2.16.